The van der Waals surface area contributed by atoms with Crippen molar-refractivity contribution in [3.05, 3.63) is 0 Å². The van der Waals surface area contributed by atoms with Crippen LogP contribution in [0.3, 0.4) is 0 Å². The van der Waals surface area contributed by atoms with Gasteiger partial charge in [-0.25, -0.2) is 0 Å². The molecule has 0 radical (unpaired) electrons. The Morgan fingerprint density at radius 2 is 2.00 bits per heavy atom. The van der Waals surface area contributed by atoms with Gasteiger partial charge in [0, 0.05) is 0 Å². The Morgan fingerprint density at radius 1 is 1.57 bits per heavy atom. The number of aliphatic hydroxyl groups is 1. The standard InChI is InChI=1S/C6H12O/c1-4(2)5-3-6(5)7/h4-7H,3H2,1-2H3/t5-,6+/m0/s1. The summed E-state index contributed by atoms with van der Waals surface area (Å²) in [6, 6.07) is 0. The highest BCUT2D eigenvalue weighted by Gasteiger charge is 2.37. The Hall–Kier alpha value is -0.0400. The molecule has 1 heteroatoms. The van der Waals surface area contributed by atoms with Gasteiger partial charge in [0.25, 0.3) is 0 Å². The summed E-state index contributed by atoms with van der Waals surface area (Å²) in [7, 11) is 0. The molecule has 1 fully saturated rings. The van der Waals surface area contributed by atoms with Gasteiger partial charge in [0.2, 0.25) is 0 Å². The van der Waals surface area contributed by atoms with E-state index in [0.717, 1.165) is 6.42 Å². The molecule has 0 unspecified atom stereocenters. The molecule has 1 aliphatic rings. The molecule has 0 aromatic rings. The van der Waals surface area contributed by atoms with Crippen molar-refractivity contribution < 1.29 is 5.11 Å². The van der Waals surface area contributed by atoms with Gasteiger partial charge in [-0.2, -0.15) is 0 Å². The molecule has 1 nitrogen and oxygen atoms in total. The van der Waals surface area contributed by atoms with Crippen molar-refractivity contribution in [2.45, 2.75) is 26.4 Å². The van der Waals surface area contributed by atoms with Crippen LogP contribution in [0.15, 0.2) is 0 Å². The SMILES string of the molecule is CC(C)[C@@H]1C[C@H]1O. The fraction of sp³-hybridized carbons (Fsp3) is 1.00. The zero-order valence-electron chi connectivity index (χ0n) is 4.89. The van der Waals surface area contributed by atoms with Crippen molar-refractivity contribution in [3.63, 3.8) is 0 Å². The lowest BCUT2D eigenvalue weighted by atomic mass is 10.1. The van der Waals surface area contributed by atoms with Crippen molar-refractivity contribution in [3.8, 4) is 0 Å². The molecule has 0 saturated heterocycles. The molecule has 1 aliphatic carbocycles. The predicted molar refractivity (Wildman–Crippen MR) is 29.0 cm³/mol. The largest absolute Gasteiger partial charge is 0.393 e. The Morgan fingerprint density at radius 3 is 2.00 bits per heavy atom. The maximum atomic E-state index is 8.80. The Balaban J connectivity index is 2.20. The lowest BCUT2D eigenvalue weighted by molar-refractivity contribution is 0.245. The maximum Gasteiger partial charge on any atom is 0.0575 e. The van der Waals surface area contributed by atoms with Gasteiger partial charge in [0.15, 0.2) is 0 Å². The van der Waals surface area contributed by atoms with E-state index in [4.69, 9.17) is 5.11 Å². The third-order valence-electron chi connectivity index (χ3n) is 1.66. The average molecular weight is 100 g/mol. The first-order chi connectivity index (χ1) is 3.22. The molecular weight excluding hydrogens is 88.1 g/mol. The fourth-order valence-corrected chi connectivity index (χ4v) is 0.917. The van der Waals surface area contributed by atoms with E-state index in [9.17, 15) is 0 Å². The van der Waals surface area contributed by atoms with Gasteiger partial charge in [0.05, 0.1) is 6.10 Å². The lowest BCUT2D eigenvalue weighted by Crippen LogP contribution is -1.93. The molecule has 0 heterocycles. The summed E-state index contributed by atoms with van der Waals surface area (Å²) >= 11 is 0. The van der Waals surface area contributed by atoms with Crippen LogP contribution in [0.2, 0.25) is 0 Å². The molecule has 0 bridgehead atoms. The average Bonchev–Trinajstić information content (AvgIpc) is 2.17. The lowest BCUT2D eigenvalue weighted by Gasteiger charge is -1.96. The number of hydrogen-bond donors (Lipinski definition) is 1. The Labute approximate surface area is 44.4 Å². The van der Waals surface area contributed by atoms with Crippen LogP contribution in [0.5, 0.6) is 0 Å². The molecule has 0 spiro atoms. The second kappa shape index (κ2) is 1.48. The predicted octanol–water partition coefficient (Wildman–Crippen LogP) is 1.02. The third kappa shape index (κ3) is 0.942. The van der Waals surface area contributed by atoms with Crippen molar-refractivity contribution in [2.75, 3.05) is 0 Å². The molecule has 0 aromatic carbocycles. The Kier molecular flexibility index (Phi) is 1.08. The van der Waals surface area contributed by atoms with Crippen molar-refractivity contribution >= 4 is 0 Å². The first-order valence-electron chi connectivity index (χ1n) is 2.90. The second-order valence-electron chi connectivity index (χ2n) is 2.71. The van der Waals surface area contributed by atoms with Crippen molar-refractivity contribution in [2.24, 2.45) is 11.8 Å². The van der Waals surface area contributed by atoms with E-state index in [2.05, 4.69) is 13.8 Å². The van der Waals surface area contributed by atoms with Gasteiger partial charge < -0.3 is 5.11 Å². The van der Waals surface area contributed by atoms with E-state index in [1.54, 1.807) is 0 Å². The maximum absolute atomic E-state index is 8.80. The van der Waals surface area contributed by atoms with Gasteiger partial charge in [-0.1, -0.05) is 13.8 Å². The van der Waals surface area contributed by atoms with Crippen LogP contribution < -0.4 is 0 Å². The molecule has 0 amide bonds. The highest BCUT2D eigenvalue weighted by molar-refractivity contribution is 4.87. The van der Waals surface area contributed by atoms with Crippen LogP contribution in [0.1, 0.15) is 20.3 Å². The first kappa shape index (κ1) is 5.10. The van der Waals surface area contributed by atoms with Crippen molar-refractivity contribution in [1.82, 2.24) is 0 Å². The summed E-state index contributed by atoms with van der Waals surface area (Å²) in [6.07, 6.45) is 1.08. The van der Waals surface area contributed by atoms with E-state index in [0.29, 0.717) is 11.8 Å². The number of hydrogen-bond acceptors (Lipinski definition) is 1. The summed E-state index contributed by atoms with van der Waals surface area (Å²) in [5.74, 6) is 1.31. The van der Waals surface area contributed by atoms with E-state index in [1.165, 1.54) is 0 Å². The van der Waals surface area contributed by atoms with E-state index in [-0.39, 0.29) is 6.10 Å². The molecule has 42 valence electrons. The van der Waals surface area contributed by atoms with Crippen LogP contribution in [-0.2, 0) is 0 Å². The normalized spacial score (nSPS) is 39.4. The zero-order chi connectivity index (χ0) is 5.44. The zero-order valence-corrected chi connectivity index (χ0v) is 4.89. The first-order valence-corrected chi connectivity index (χ1v) is 2.90. The molecule has 1 rings (SSSR count). The monoisotopic (exact) mass is 100 g/mol. The second-order valence-corrected chi connectivity index (χ2v) is 2.71. The molecular formula is C6H12O. The third-order valence-corrected chi connectivity index (χ3v) is 1.66. The molecule has 1 N–H and O–H groups in total. The number of rotatable bonds is 1. The summed E-state index contributed by atoms with van der Waals surface area (Å²) in [4.78, 5) is 0. The summed E-state index contributed by atoms with van der Waals surface area (Å²) in [6.45, 7) is 4.31. The fourth-order valence-electron chi connectivity index (χ4n) is 0.917. The number of aliphatic hydroxyl groups excluding tert-OH is 1. The van der Waals surface area contributed by atoms with Crippen molar-refractivity contribution in [1.29, 1.82) is 0 Å². The molecule has 7 heavy (non-hydrogen) atoms. The van der Waals surface area contributed by atoms with Crippen LogP contribution in [0, 0.1) is 11.8 Å². The van der Waals surface area contributed by atoms with Gasteiger partial charge in [-0.3, -0.25) is 0 Å². The summed E-state index contributed by atoms with van der Waals surface area (Å²) in [5.41, 5.74) is 0. The highest BCUT2D eigenvalue weighted by atomic mass is 16.3. The van der Waals surface area contributed by atoms with Crippen LogP contribution in [0.4, 0.5) is 0 Å². The van der Waals surface area contributed by atoms with Crippen LogP contribution in [-0.4, -0.2) is 11.2 Å². The molecule has 0 aliphatic heterocycles. The minimum Gasteiger partial charge on any atom is -0.393 e. The van der Waals surface area contributed by atoms with Gasteiger partial charge in [-0.15, -0.1) is 0 Å². The van der Waals surface area contributed by atoms with E-state index < -0.39 is 0 Å². The van der Waals surface area contributed by atoms with E-state index in [1.807, 2.05) is 0 Å². The quantitative estimate of drug-likeness (QED) is 0.521. The summed E-state index contributed by atoms with van der Waals surface area (Å²) in [5, 5.41) is 8.80. The van der Waals surface area contributed by atoms with Crippen LogP contribution in [0.25, 0.3) is 0 Å². The minimum absolute atomic E-state index is 0.0417. The topological polar surface area (TPSA) is 20.2 Å². The van der Waals surface area contributed by atoms with Gasteiger partial charge in [-0.05, 0) is 18.3 Å². The smallest absolute Gasteiger partial charge is 0.0575 e. The highest BCUT2D eigenvalue weighted by Crippen LogP contribution is 2.36. The molecule has 1 saturated carbocycles. The summed E-state index contributed by atoms with van der Waals surface area (Å²) < 4.78 is 0. The Bertz CT molecular complexity index is 68.6. The van der Waals surface area contributed by atoms with Crippen LogP contribution >= 0.6 is 0 Å². The van der Waals surface area contributed by atoms with E-state index >= 15 is 0 Å². The molecule has 2 atom stereocenters. The van der Waals surface area contributed by atoms with Gasteiger partial charge >= 0.3 is 0 Å². The molecule has 0 aromatic heterocycles. The van der Waals surface area contributed by atoms with Gasteiger partial charge in [0.1, 0.15) is 0 Å². The minimum atomic E-state index is 0.0417.